The summed E-state index contributed by atoms with van der Waals surface area (Å²) in [6.07, 6.45) is 1.82. The highest BCUT2D eigenvalue weighted by Gasteiger charge is 2.23. The molecule has 1 aliphatic rings. The fraction of sp³-hybridized carbons (Fsp3) is 0.412. The van der Waals surface area contributed by atoms with Crippen LogP contribution in [-0.4, -0.2) is 42.5 Å². The van der Waals surface area contributed by atoms with Gasteiger partial charge in [-0.15, -0.1) is 11.7 Å². The van der Waals surface area contributed by atoms with E-state index in [1.54, 1.807) is 4.90 Å². The van der Waals surface area contributed by atoms with Gasteiger partial charge in [-0.25, -0.2) is 0 Å². The van der Waals surface area contributed by atoms with E-state index in [4.69, 9.17) is 23.8 Å². The van der Waals surface area contributed by atoms with Gasteiger partial charge in [0.2, 0.25) is 5.13 Å². The second-order valence-corrected chi connectivity index (χ2v) is 8.36. The Morgan fingerprint density at radius 2 is 1.92 bits per heavy atom. The number of rotatable bonds is 7. The molecule has 0 amide bonds. The molecule has 5 nitrogen and oxygen atoms in total. The summed E-state index contributed by atoms with van der Waals surface area (Å²) in [5.41, 5.74) is 1.35. The van der Waals surface area contributed by atoms with Crippen molar-refractivity contribution in [2.45, 2.75) is 13.2 Å². The Kier molecular flexibility index (Phi) is 6.61. The minimum absolute atomic E-state index is 0.710. The molecular weight excluding hydrogens is 374 g/mol. The van der Waals surface area contributed by atoms with Gasteiger partial charge in [-0.05, 0) is 24.4 Å². The predicted octanol–water partition coefficient (Wildman–Crippen LogP) is 0.866. The number of aromatic nitrogens is 2. The Hall–Kier alpha value is -1.25. The van der Waals surface area contributed by atoms with Gasteiger partial charge < -0.3 is 15.1 Å². The highest BCUT2D eigenvalue weighted by Crippen LogP contribution is 2.13. The van der Waals surface area contributed by atoms with Gasteiger partial charge in [-0.2, -0.15) is 4.68 Å². The summed E-state index contributed by atoms with van der Waals surface area (Å²) in [6, 6.07) is 8.20. The molecule has 3 rings (SSSR count). The van der Waals surface area contributed by atoms with E-state index in [0.717, 1.165) is 53.5 Å². The van der Waals surface area contributed by atoms with Gasteiger partial charge in [0.1, 0.15) is 32.7 Å². The molecule has 1 aromatic heterocycles. The van der Waals surface area contributed by atoms with Gasteiger partial charge in [0.15, 0.2) is 10.6 Å². The van der Waals surface area contributed by atoms with Gasteiger partial charge >= 0.3 is 0 Å². The maximum Gasteiger partial charge on any atom is 0.205 e. The van der Waals surface area contributed by atoms with Crippen molar-refractivity contribution in [3.05, 3.63) is 51.5 Å². The van der Waals surface area contributed by atoms with Crippen LogP contribution in [0.25, 0.3) is 0 Å². The lowest BCUT2D eigenvalue weighted by atomic mass is 10.2. The summed E-state index contributed by atoms with van der Waals surface area (Å²) in [5, 5.41) is 9.45. The van der Waals surface area contributed by atoms with Gasteiger partial charge in [-0.3, -0.25) is 0 Å². The highest BCUT2D eigenvalue weighted by molar-refractivity contribution is 7.73. The molecule has 2 aromatic rings. The van der Waals surface area contributed by atoms with E-state index < -0.39 is 0 Å². The van der Waals surface area contributed by atoms with Crippen molar-refractivity contribution in [1.82, 2.24) is 9.78 Å². The smallest absolute Gasteiger partial charge is 0.205 e. The van der Waals surface area contributed by atoms with Crippen molar-refractivity contribution >= 4 is 40.3 Å². The number of halogens is 1. The zero-order chi connectivity index (χ0) is 17.6. The van der Waals surface area contributed by atoms with Crippen LogP contribution in [0.4, 0.5) is 5.13 Å². The molecule has 1 aromatic carbocycles. The first-order valence-corrected chi connectivity index (χ1v) is 10.1. The first-order chi connectivity index (χ1) is 12.1. The molecule has 25 heavy (non-hydrogen) atoms. The van der Waals surface area contributed by atoms with Gasteiger partial charge in [0.05, 0.1) is 0 Å². The first-order valence-electron chi connectivity index (χ1n) is 8.48. The summed E-state index contributed by atoms with van der Waals surface area (Å²) in [5.74, 6) is 0. The Bertz CT molecular complexity index is 747. The predicted molar refractivity (Wildman–Crippen MR) is 106 cm³/mol. The van der Waals surface area contributed by atoms with E-state index in [9.17, 15) is 0 Å². The van der Waals surface area contributed by atoms with Crippen molar-refractivity contribution < 1.29 is 9.80 Å². The zero-order valence-electron chi connectivity index (χ0n) is 14.1. The maximum absolute atomic E-state index is 5.96. The second-order valence-electron chi connectivity index (χ2n) is 6.30. The van der Waals surface area contributed by atoms with Crippen molar-refractivity contribution in [1.29, 1.82) is 0 Å². The zero-order valence-corrected chi connectivity index (χ0v) is 16.5. The van der Waals surface area contributed by atoms with Crippen LogP contribution in [0.15, 0.2) is 36.9 Å². The Morgan fingerprint density at radius 1 is 1.24 bits per heavy atom. The van der Waals surface area contributed by atoms with E-state index in [-0.39, 0.29) is 0 Å². The maximum atomic E-state index is 5.96. The average molecular weight is 398 g/mol. The molecule has 2 heterocycles. The van der Waals surface area contributed by atoms with Crippen LogP contribution >= 0.6 is 35.2 Å². The Morgan fingerprint density at radius 3 is 2.60 bits per heavy atom. The third-order valence-electron chi connectivity index (χ3n) is 4.41. The number of hydrogen-bond acceptors (Lipinski definition) is 4. The lowest BCUT2D eigenvalue weighted by molar-refractivity contribution is -1.03. The average Bonchev–Trinajstić information content (AvgIpc) is 2.96. The topological polar surface area (TPSA) is 38.7 Å². The molecule has 0 bridgehead atoms. The Labute approximate surface area is 162 Å². The quantitative estimate of drug-likeness (QED) is 0.479. The molecule has 0 unspecified atom stereocenters. The largest absolute Gasteiger partial charge is 0.357 e. The van der Waals surface area contributed by atoms with E-state index >= 15 is 0 Å². The van der Waals surface area contributed by atoms with Crippen molar-refractivity contribution in [3.63, 3.8) is 0 Å². The number of piperazine rings is 1. The van der Waals surface area contributed by atoms with Crippen LogP contribution in [0, 0.1) is 3.95 Å². The second kappa shape index (κ2) is 8.91. The third-order valence-corrected chi connectivity index (χ3v) is 5.93. The molecule has 0 saturated carbocycles. The van der Waals surface area contributed by atoms with Crippen LogP contribution in [0.2, 0.25) is 5.02 Å². The number of nitrogens with zero attached hydrogens (tertiary/aromatic N) is 2. The molecule has 3 N–H and O–H groups in total. The first kappa shape index (κ1) is 18.5. The summed E-state index contributed by atoms with van der Waals surface area (Å²) in [7, 11) is 0. The van der Waals surface area contributed by atoms with Crippen LogP contribution in [0.1, 0.15) is 5.56 Å². The fourth-order valence-corrected chi connectivity index (χ4v) is 4.17. The van der Waals surface area contributed by atoms with Crippen LogP contribution < -0.4 is 15.1 Å². The molecule has 0 atom stereocenters. The van der Waals surface area contributed by atoms with Gasteiger partial charge in [0.25, 0.3) is 0 Å². The van der Waals surface area contributed by atoms with E-state index in [1.807, 2.05) is 22.9 Å². The molecule has 1 fully saturated rings. The van der Waals surface area contributed by atoms with E-state index in [0.29, 0.717) is 6.54 Å². The number of quaternary nitrogens is 2. The third kappa shape index (κ3) is 5.36. The minimum Gasteiger partial charge on any atom is -0.357 e. The summed E-state index contributed by atoms with van der Waals surface area (Å²) < 4.78 is 2.78. The molecule has 1 aliphatic heterocycles. The van der Waals surface area contributed by atoms with Crippen LogP contribution in [-0.2, 0) is 13.2 Å². The molecule has 134 valence electrons. The van der Waals surface area contributed by atoms with Gasteiger partial charge in [-0.1, -0.05) is 41.1 Å². The van der Waals surface area contributed by atoms with Gasteiger partial charge in [0, 0.05) is 17.1 Å². The lowest BCUT2D eigenvalue weighted by Gasteiger charge is -2.29. The monoisotopic (exact) mass is 397 g/mol. The molecule has 0 aliphatic carbocycles. The fourth-order valence-electron chi connectivity index (χ4n) is 3.03. The number of anilines is 1. The molecular formula is C17H24ClN5S2+2. The normalized spacial score (nSPS) is 20.4. The summed E-state index contributed by atoms with van der Waals surface area (Å²) >= 11 is 12.9. The number of nitrogens with one attached hydrogen (secondary N) is 3. The summed E-state index contributed by atoms with van der Waals surface area (Å²) in [6.45, 7) is 10.9. The molecule has 8 heteroatoms. The lowest BCUT2D eigenvalue weighted by Crippen LogP contribution is -3.27. The van der Waals surface area contributed by atoms with Crippen LogP contribution in [0.3, 0.4) is 0 Å². The van der Waals surface area contributed by atoms with E-state index in [1.165, 1.54) is 21.8 Å². The number of benzene rings is 1. The molecule has 0 radical (unpaired) electrons. The van der Waals surface area contributed by atoms with Crippen molar-refractivity contribution in [2.24, 2.45) is 0 Å². The minimum atomic E-state index is 0.710. The van der Waals surface area contributed by atoms with E-state index in [2.05, 4.69) is 29.1 Å². The number of hydrogen-bond donors (Lipinski definition) is 3. The highest BCUT2D eigenvalue weighted by atomic mass is 35.5. The van der Waals surface area contributed by atoms with Crippen molar-refractivity contribution in [3.8, 4) is 0 Å². The Balaban J connectivity index is 1.49. The standard InChI is InChI=1S/C17H22ClN5S2/c1-2-7-19-16-20-23(17(24)25-16)13-22-10-8-21(9-11-22)12-14-3-5-15(18)6-4-14/h2-6H,1,7-13H2,(H,19,20)/p+2. The van der Waals surface area contributed by atoms with Crippen LogP contribution in [0.5, 0.6) is 0 Å². The summed E-state index contributed by atoms with van der Waals surface area (Å²) in [4.78, 5) is 3.16. The molecule has 1 saturated heterocycles. The SMILES string of the molecule is C=CCNc1nn(C[NH+]2CC[NH+](Cc3ccc(Cl)cc3)CC2)c(=S)s1. The molecule has 0 spiro atoms. The van der Waals surface area contributed by atoms with Crippen molar-refractivity contribution in [2.75, 3.05) is 38.0 Å².